The molecule has 5 nitrogen and oxygen atoms in total. The van der Waals surface area contributed by atoms with Gasteiger partial charge in [0.25, 0.3) is 5.91 Å². The van der Waals surface area contributed by atoms with Crippen molar-refractivity contribution in [3.63, 3.8) is 0 Å². The first-order chi connectivity index (χ1) is 14.5. The minimum Gasteiger partial charge on any atom is -0.503 e. The molecule has 1 heterocycles. The number of aliphatic hydroxyl groups excluding tert-OH is 1. The van der Waals surface area contributed by atoms with Crippen LogP contribution in [-0.4, -0.2) is 24.3 Å². The number of para-hydroxylation sites is 1. The third kappa shape index (κ3) is 2.86. The fourth-order valence-corrected chi connectivity index (χ4v) is 4.21. The smallest absolute Gasteiger partial charge is 0.294 e. The largest absolute Gasteiger partial charge is 0.503 e. The second-order valence-corrected chi connectivity index (χ2v) is 7.33. The molecule has 6 heteroatoms. The molecule has 2 N–H and O–H groups in total. The van der Waals surface area contributed by atoms with Crippen molar-refractivity contribution in [2.24, 2.45) is 0 Å². The summed E-state index contributed by atoms with van der Waals surface area (Å²) in [6.45, 7) is 0. The molecule has 0 bridgehead atoms. The summed E-state index contributed by atoms with van der Waals surface area (Å²) in [7, 11) is 1.74. The number of carbonyl (C=O) groups is 2. The van der Waals surface area contributed by atoms with Gasteiger partial charge in [0.1, 0.15) is 0 Å². The van der Waals surface area contributed by atoms with Gasteiger partial charge in [-0.2, -0.15) is 0 Å². The summed E-state index contributed by atoms with van der Waals surface area (Å²) in [5, 5.41) is 14.5. The Bertz CT molecular complexity index is 1160. The highest BCUT2D eigenvalue weighted by molar-refractivity contribution is 6.31. The van der Waals surface area contributed by atoms with Gasteiger partial charge in [-0.25, -0.2) is 0 Å². The lowest BCUT2D eigenvalue weighted by Gasteiger charge is -2.37. The molecule has 0 aromatic heterocycles. The molecule has 0 aliphatic carbocycles. The molecule has 1 aliphatic rings. The van der Waals surface area contributed by atoms with Crippen LogP contribution in [0.5, 0.6) is 0 Å². The summed E-state index contributed by atoms with van der Waals surface area (Å²) in [6.07, 6.45) is 0.702. The Balaban J connectivity index is 2.10. The Labute approximate surface area is 179 Å². The monoisotopic (exact) mass is 418 g/mol. The molecule has 3 aromatic carbocycles. The van der Waals surface area contributed by atoms with Gasteiger partial charge >= 0.3 is 0 Å². The van der Waals surface area contributed by atoms with Crippen LogP contribution in [0, 0.1) is 0 Å². The fourth-order valence-electron chi connectivity index (χ4n) is 4.03. The molecule has 3 aromatic rings. The fraction of sp³-hybridized carbons (Fsp3) is 0.0833. The van der Waals surface area contributed by atoms with E-state index in [4.69, 9.17) is 11.6 Å². The Kier molecular flexibility index (Phi) is 5.06. The maximum Gasteiger partial charge on any atom is 0.294 e. The van der Waals surface area contributed by atoms with Crippen LogP contribution >= 0.6 is 11.6 Å². The number of benzene rings is 3. The van der Waals surface area contributed by atoms with Crippen LogP contribution in [0.3, 0.4) is 0 Å². The van der Waals surface area contributed by atoms with Crippen LogP contribution in [0.15, 0.2) is 84.6 Å². The van der Waals surface area contributed by atoms with Crippen molar-refractivity contribution >= 4 is 40.7 Å². The number of carbonyl (C=O) groups excluding carboxylic acids is 2. The average Bonchev–Trinajstić information content (AvgIpc) is 3.01. The predicted octanol–water partition coefficient (Wildman–Crippen LogP) is 4.79. The average molecular weight is 419 g/mol. The number of aliphatic hydroxyl groups is 1. The molecule has 150 valence electrons. The van der Waals surface area contributed by atoms with E-state index in [1.807, 2.05) is 18.2 Å². The highest BCUT2D eigenvalue weighted by Crippen LogP contribution is 2.51. The van der Waals surface area contributed by atoms with Gasteiger partial charge in [0, 0.05) is 34.6 Å². The van der Waals surface area contributed by atoms with Crippen molar-refractivity contribution in [3.8, 4) is 0 Å². The van der Waals surface area contributed by atoms with Gasteiger partial charge in [0.2, 0.25) is 0 Å². The van der Waals surface area contributed by atoms with Crippen LogP contribution in [-0.2, 0) is 15.1 Å². The quantitative estimate of drug-likeness (QED) is 0.584. The molecule has 1 aliphatic heterocycles. The van der Waals surface area contributed by atoms with E-state index in [1.54, 1.807) is 67.7 Å². The third-order valence-electron chi connectivity index (χ3n) is 5.28. The zero-order chi connectivity index (χ0) is 21.3. The molecule has 1 atom stereocenters. The molecular weight excluding hydrogens is 400 g/mol. The van der Waals surface area contributed by atoms with Gasteiger partial charge < -0.3 is 10.4 Å². The number of hydrogen-bond donors (Lipinski definition) is 2. The zero-order valence-corrected chi connectivity index (χ0v) is 16.9. The lowest BCUT2D eigenvalue weighted by molar-refractivity contribution is -0.119. The van der Waals surface area contributed by atoms with Gasteiger partial charge in [-0.15, -0.1) is 0 Å². The van der Waals surface area contributed by atoms with E-state index < -0.39 is 17.2 Å². The van der Waals surface area contributed by atoms with E-state index in [0.717, 1.165) is 0 Å². The second kappa shape index (κ2) is 7.69. The first-order valence-electron chi connectivity index (χ1n) is 9.37. The molecule has 1 amide bonds. The number of anilines is 2. The highest BCUT2D eigenvalue weighted by atomic mass is 35.5. The molecular formula is C24H19ClN2O3. The van der Waals surface area contributed by atoms with Crippen molar-refractivity contribution in [2.75, 3.05) is 17.3 Å². The molecule has 0 saturated heterocycles. The molecule has 0 saturated carbocycles. The Morgan fingerprint density at radius 3 is 2.37 bits per heavy atom. The molecule has 4 rings (SSSR count). The number of amides is 1. The molecule has 0 radical (unpaired) electrons. The van der Waals surface area contributed by atoms with E-state index in [0.29, 0.717) is 33.8 Å². The number of rotatable bonds is 5. The van der Waals surface area contributed by atoms with Crippen molar-refractivity contribution in [2.45, 2.75) is 5.54 Å². The van der Waals surface area contributed by atoms with Crippen LogP contribution in [0.25, 0.3) is 5.57 Å². The van der Waals surface area contributed by atoms with Crippen molar-refractivity contribution < 1.29 is 14.7 Å². The van der Waals surface area contributed by atoms with Crippen molar-refractivity contribution in [3.05, 3.63) is 101 Å². The first-order valence-corrected chi connectivity index (χ1v) is 9.75. The van der Waals surface area contributed by atoms with E-state index >= 15 is 0 Å². The maximum absolute atomic E-state index is 13.3. The summed E-state index contributed by atoms with van der Waals surface area (Å²) >= 11 is 6.19. The SMILES string of the molecule is CNc1ccccc1C1(C=O)C(c2ccccc2)=C(O)C(=O)N1c1cccc(Cl)c1. The standard InChI is InChI=1S/C24H19ClN2O3/c1-26-20-13-6-5-12-19(20)24(15-28)21(16-8-3-2-4-9-16)22(29)23(30)27(24)18-11-7-10-17(25)14-18/h2-15,26,29H,1H3. The number of aldehydes is 1. The van der Waals surface area contributed by atoms with Gasteiger partial charge in [-0.1, -0.05) is 66.2 Å². The van der Waals surface area contributed by atoms with Crippen LogP contribution in [0.2, 0.25) is 5.02 Å². The summed E-state index contributed by atoms with van der Waals surface area (Å²) < 4.78 is 0. The number of hydrogen-bond acceptors (Lipinski definition) is 4. The number of halogens is 1. The minimum atomic E-state index is -1.59. The normalized spacial score (nSPS) is 18.6. The predicted molar refractivity (Wildman–Crippen MR) is 119 cm³/mol. The molecule has 30 heavy (non-hydrogen) atoms. The van der Waals surface area contributed by atoms with Crippen LogP contribution in [0.1, 0.15) is 11.1 Å². The van der Waals surface area contributed by atoms with E-state index in [2.05, 4.69) is 5.32 Å². The number of nitrogens with one attached hydrogen (secondary N) is 1. The Hall–Kier alpha value is -3.57. The Morgan fingerprint density at radius 2 is 1.70 bits per heavy atom. The van der Waals surface area contributed by atoms with E-state index in [-0.39, 0.29) is 5.57 Å². The van der Waals surface area contributed by atoms with Crippen LogP contribution < -0.4 is 10.2 Å². The van der Waals surface area contributed by atoms with Crippen molar-refractivity contribution in [1.82, 2.24) is 0 Å². The minimum absolute atomic E-state index is 0.228. The molecule has 1 unspecified atom stereocenters. The zero-order valence-electron chi connectivity index (χ0n) is 16.2. The molecule has 0 fully saturated rings. The van der Waals surface area contributed by atoms with Gasteiger partial charge in [-0.05, 0) is 29.8 Å². The topological polar surface area (TPSA) is 69.6 Å². The third-order valence-corrected chi connectivity index (χ3v) is 5.52. The lowest BCUT2D eigenvalue weighted by Crippen LogP contribution is -2.47. The summed E-state index contributed by atoms with van der Waals surface area (Å²) in [6, 6.07) is 22.8. The van der Waals surface area contributed by atoms with E-state index in [9.17, 15) is 14.7 Å². The number of nitrogens with zero attached hydrogens (tertiary/aromatic N) is 1. The van der Waals surface area contributed by atoms with E-state index in [1.165, 1.54) is 4.90 Å². The van der Waals surface area contributed by atoms with Gasteiger partial charge in [-0.3, -0.25) is 14.5 Å². The second-order valence-electron chi connectivity index (χ2n) is 6.89. The maximum atomic E-state index is 13.3. The highest BCUT2D eigenvalue weighted by Gasteiger charge is 2.55. The van der Waals surface area contributed by atoms with Crippen molar-refractivity contribution in [1.29, 1.82) is 0 Å². The first kappa shape index (κ1) is 19.7. The Morgan fingerprint density at radius 1 is 1.00 bits per heavy atom. The summed E-state index contributed by atoms with van der Waals surface area (Å²) in [4.78, 5) is 27.6. The van der Waals surface area contributed by atoms with Gasteiger partial charge in [0.15, 0.2) is 17.6 Å². The molecule has 0 spiro atoms. The lowest BCUT2D eigenvalue weighted by atomic mass is 9.79. The summed E-state index contributed by atoms with van der Waals surface area (Å²) in [5.74, 6) is -1.15. The van der Waals surface area contributed by atoms with Crippen LogP contribution in [0.4, 0.5) is 11.4 Å². The van der Waals surface area contributed by atoms with Gasteiger partial charge in [0.05, 0.1) is 0 Å². The summed E-state index contributed by atoms with van der Waals surface area (Å²) in [5.41, 5.74) is 0.818.